The lowest BCUT2D eigenvalue weighted by atomic mass is 9.81. The molecule has 3 fully saturated rings. The zero-order valence-electron chi connectivity index (χ0n) is 15.4. The molecule has 1 heterocycles. The fourth-order valence-electron chi connectivity index (χ4n) is 4.86. The van der Waals surface area contributed by atoms with Gasteiger partial charge in [-0.1, -0.05) is 17.7 Å². The number of anilines is 1. The first kappa shape index (κ1) is 18.9. The quantitative estimate of drug-likeness (QED) is 0.599. The lowest BCUT2D eigenvalue weighted by Gasteiger charge is -2.19. The summed E-state index contributed by atoms with van der Waals surface area (Å²) in [5, 5.41) is 3.10. The third-order valence-electron chi connectivity index (χ3n) is 6.14. The van der Waals surface area contributed by atoms with Crippen LogP contribution in [-0.2, 0) is 23.9 Å². The van der Waals surface area contributed by atoms with E-state index in [2.05, 4.69) is 5.32 Å². The lowest BCUT2D eigenvalue weighted by Crippen LogP contribution is -2.38. The van der Waals surface area contributed by atoms with E-state index in [9.17, 15) is 19.2 Å². The van der Waals surface area contributed by atoms with Crippen LogP contribution in [0.1, 0.15) is 24.8 Å². The van der Waals surface area contributed by atoms with Crippen molar-refractivity contribution in [3.63, 3.8) is 0 Å². The van der Waals surface area contributed by atoms with E-state index in [4.69, 9.17) is 16.3 Å². The molecular formula is C20H21ClN2O5. The summed E-state index contributed by atoms with van der Waals surface area (Å²) < 4.78 is 4.97. The van der Waals surface area contributed by atoms with Crippen molar-refractivity contribution in [2.24, 2.45) is 23.7 Å². The molecule has 1 N–H and O–H groups in total. The Morgan fingerprint density at radius 1 is 1.18 bits per heavy atom. The molecule has 2 bridgehead atoms. The number of hydrogen-bond donors (Lipinski definition) is 1. The first-order valence-electron chi connectivity index (χ1n) is 9.42. The lowest BCUT2D eigenvalue weighted by molar-refractivity contribution is -0.154. The largest absolute Gasteiger partial charge is 0.454 e. The number of esters is 1. The van der Waals surface area contributed by atoms with Gasteiger partial charge in [0.05, 0.1) is 11.8 Å². The molecule has 0 unspecified atom stereocenters. The van der Waals surface area contributed by atoms with E-state index < -0.39 is 25.0 Å². The van der Waals surface area contributed by atoms with E-state index in [1.54, 1.807) is 18.2 Å². The minimum atomic E-state index is -0.771. The van der Waals surface area contributed by atoms with Crippen LogP contribution in [0, 0.1) is 30.6 Å². The Hall–Kier alpha value is -2.41. The number of imide groups is 1. The number of carbonyl (C=O) groups excluding carboxylic acids is 4. The number of likely N-dealkylation sites (tertiary alicyclic amines) is 1. The summed E-state index contributed by atoms with van der Waals surface area (Å²) in [7, 11) is 0. The number of nitrogens with zero attached hydrogens (tertiary/aromatic N) is 1. The van der Waals surface area contributed by atoms with Gasteiger partial charge in [-0.3, -0.25) is 24.1 Å². The van der Waals surface area contributed by atoms with Gasteiger partial charge in [-0.15, -0.1) is 0 Å². The molecule has 2 saturated carbocycles. The summed E-state index contributed by atoms with van der Waals surface area (Å²) in [6.45, 7) is 0.874. The van der Waals surface area contributed by atoms with Crippen molar-refractivity contribution in [2.45, 2.75) is 26.2 Å². The van der Waals surface area contributed by atoms with Crippen LogP contribution < -0.4 is 5.32 Å². The number of carbonyl (C=O) groups is 4. The number of fused-ring (bicyclic) bond motifs is 5. The van der Waals surface area contributed by atoms with E-state index in [1.807, 2.05) is 6.92 Å². The molecule has 1 aromatic rings. The van der Waals surface area contributed by atoms with Gasteiger partial charge in [0.2, 0.25) is 11.8 Å². The summed E-state index contributed by atoms with van der Waals surface area (Å²) in [6.07, 6.45) is 2.90. The molecule has 7 nitrogen and oxygen atoms in total. The fourth-order valence-corrected chi connectivity index (χ4v) is 5.03. The molecule has 4 rings (SSSR count). The van der Waals surface area contributed by atoms with Crippen molar-refractivity contribution in [3.05, 3.63) is 28.8 Å². The fraction of sp³-hybridized carbons (Fsp3) is 0.500. The molecule has 3 aliphatic rings. The SMILES string of the molecule is Cc1ccc(Cl)cc1NC(=O)COC(=O)CN1C(=O)[C@H]2[C@H]3CC[C@@H](C3)[C@@H]2C1=O. The van der Waals surface area contributed by atoms with E-state index in [0.29, 0.717) is 10.7 Å². The average Bonchev–Trinajstić information content (AvgIpc) is 3.33. The van der Waals surface area contributed by atoms with Gasteiger partial charge >= 0.3 is 5.97 Å². The zero-order valence-corrected chi connectivity index (χ0v) is 16.2. The number of hydrogen-bond acceptors (Lipinski definition) is 5. The topological polar surface area (TPSA) is 92.8 Å². The third-order valence-corrected chi connectivity index (χ3v) is 6.38. The van der Waals surface area contributed by atoms with Gasteiger partial charge in [0.15, 0.2) is 6.61 Å². The molecule has 1 saturated heterocycles. The predicted octanol–water partition coefficient (Wildman–Crippen LogP) is 2.16. The van der Waals surface area contributed by atoms with Crippen LogP contribution in [0.4, 0.5) is 5.69 Å². The average molecular weight is 405 g/mol. The van der Waals surface area contributed by atoms with Crippen LogP contribution in [0.25, 0.3) is 0 Å². The van der Waals surface area contributed by atoms with Gasteiger partial charge in [-0.2, -0.15) is 0 Å². The van der Waals surface area contributed by atoms with Gasteiger partial charge in [0, 0.05) is 10.7 Å². The molecule has 8 heteroatoms. The van der Waals surface area contributed by atoms with Crippen LogP contribution in [0.3, 0.4) is 0 Å². The highest BCUT2D eigenvalue weighted by Gasteiger charge is 2.61. The van der Waals surface area contributed by atoms with E-state index >= 15 is 0 Å². The smallest absolute Gasteiger partial charge is 0.326 e. The van der Waals surface area contributed by atoms with Crippen LogP contribution in [0.5, 0.6) is 0 Å². The molecule has 0 radical (unpaired) electrons. The maximum atomic E-state index is 12.6. The van der Waals surface area contributed by atoms with Gasteiger partial charge < -0.3 is 10.1 Å². The molecule has 28 heavy (non-hydrogen) atoms. The Bertz CT molecular complexity index is 842. The van der Waals surface area contributed by atoms with Crippen LogP contribution in [-0.4, -0.2) is 41.7 Å². The second-order valence-electron chi connectivity index (χ2n) is 7.82. The number of halogens is 1. The third kappa shape index (κ3) is 3.28. The summed E-state index contributed by atoms with van der Waals surface area (Å²) in [4.78, 5) is 50.3. The zero-order chi connectivity index (χ0) is 20.0. The van der Waals surface area contributed by atoms with Gasteiger partial charge in [0.1, 0.15) is 6.54 Å². The number of benzene rings is 1. The summed E-state index contributed by atoms with van der Waals surface area (Å²) in [5.41, 5.74) is 1.35. The van der Waals surface area contributed by atoms with Crippen molar-refractivity contribution in [1.82, 2.24) is 4.90 Å². The molecule has 2 aliphatic carbocycles. The maximum absolute atomic E-state index is 12.6. The summed E-state index contributed by atoms with van der Waals surface area (Å²) in [5.74, 6) is -1.84. The Morgan fingerprint density at radius 3 is 2.46 bits per heavy atom. The first-order chi connectivity index (χ1) is 13.3. The van der Waals surface area contributed by atoms with Gasteiger partial charge in [0.25, 0.3) is 5.91 Å². The summed E-state index contributed by atoms with van der Waals surface area (Å²) in [6, 6.07) is 5.07. The molecule has 3 amide bonds. The minimum absolute atomic E-state index is 0.263. The number of rotatable bonds is 5. The van der Waals surface area contributed by atoms with E-state index in [-0.39, 0.29) is 35.5 Å². The van der Waals surface area contributed by atoms with Crippen molar-refractivity contribution >= 4 is 41.0 Å². The van der Waals surface area contributed by atoms with Crippen molar-refractivity contribution in [3.8, 4) is 0 Å². The molecule has 1 aromatic carbocycles. The molecule has 1 aliphatic heterocycles. The number of amides is 3. The molecular weight excluding hydrogens is 384 g/mol. The van der Waals surface area contributed by atoms with Crippen molar-refractivity contribution in [2.75, 3.05) is 18.5 Å². The van der Waals surface area contributed by atoms with Gasteiger partial charge in [-0.25, -0.2) is 0 Å². The summed E-state index contributed by atoms with van der Waals surface area (Å²) >= 11 is 5.91. The number of aryl methyl sites for hydroxylation is 1. The second-order valence-corrected chi connectivity index (χ2v) is 8.25. The monoisotopic (exact) mass is 404 g/mol. The molecule has 0 aromatic heterocycles. The van der Waals surface area contributed by atoms with Crippen molar-refractivity contribution in [1.29, 1.82) is 0 Å². The minimum Gasteiger partial charge on any atom is -0.454 e. The Kier molecular flexibility index (Phi) is 4.87. The number of nitrogens with one attached hydrogen (secondary N) is 1. The molecule has 4 atom stereocenters. The van der Waals surface area contributed by atoms with Crippen LogP contribution >= 0.6 is 11.6 Å². The Morgan fingerprint density at radius 2 is 1.82 bits per heavy atom. The van der Waals surface area contributed by atoms with E-state index in [0.717, 1.165) is 29.7 Å². The second kappa shape index (κ2) is 7.20. The van der Waals surface area contributed by atoms with Crippen molar-refractivity contribution < 1.29 is 23.9 Å². The highest BCUT2D eigenvalue weighted by Crippen LogP contribution is 2.56. The van der Waals surface area contributed by atoms with E-state index in [1.165, 1.54) is 0 Å². The van der Waals surface area contributed by atoms with Crippen LogP contribution in [0.15, 0.2) is 18.2 Å². The standard InChI is InChI=1S/C20H21ClN2O5/c1-10-2-5-13(21)7-14(10)22-15(24)9-28-16(25)8-23-19(26)17-11-3-4-12(6-11)18(17)20(23)27/h2,5,7,11-12,17-18H,3-4,6,8-9H2,1H3,(H,22,24)/t11-,12-,17-,18-/m0/s1. The van der Waals surface area contributed by atoms with Crippen LogP contribution in [0.2, 0.25) is 5.02 Å². The normalized spacial score (nSPS) is 27.9. The van der Waals surface area contributed by atoms with Gasteiger partial charge in [-0.05, 0) is 55.7 Å². The molecule has 148 valence electrons. The Balaban J connectivity index is 1.30. The molecule has 0 spiro atoms. The highest BCUT2D eigenvalue weighted by molar-refractivity contribution is 6.31. The highest BCUT2D eigenvalue weighted by atomic mass is 35.5. The number of ether oxygens (including phenoxy) is 1. The Labute approximate surface area is 167 Å². The first-order valence-corrected chi connectivity index (χ1v) is 9.80. The predicted molar refractivity (Wildman–Crippen MR) is 100 cm³/mol. The maximum Gasteiger partial charge on any atom is 0.326 e.